The van der Waals surface area contributed by atoms with Crippen molar-refractivity contribution in [2.45, 2.75) is 32.9 Å². The van der Waals surface area contributed by atoms with Gasteiger partial charge >= 0.3 is 0 Å². The Morgan fingerprint density at radius 2 is 2.24 bits per heavy atom. The SMILES string of the molecule is CC(C)C(=O)c1ccn(CC2Cc3cc(F)ccc3O2)c1. The van der Waals surface area contributed by atoms with Crippen molar-refractivity contribution in [3.63, 3.8) is 0 Å². The molecule has 110 valence electrons. The molecule has 1 aromatic heterocycles. The van der Waals surface area contributed by atoms with E-state index in [0.29, 0.717) is 13.0 Å². The van der Waals surface area contributed by atoms with Crippen molar-refractivity contribution in [3.8, 4) is 5.75 Å². The maximum atomic E-state index is 13.2. The molecule has 0 bridgehead atoms. The molecule has 0 saturated carbocycles. The lowest BCUT2D eigenvalue weighted by atomic mass is 10.0. The van der Waals surface area contributed by atoms with Crippen LogP contribution in [0.4, 0.5) is 4.39 Å². The van der Waals surface area contributed by atoms with E-state index < -0.39 is 0 Å². The van der Waals surface area contributed by atoms with Crippen LogP contribution in [0.15, 0.2) is 36.7 Å². The van der Waals surface area contributed by atoms with Gasteiger partial charge in [-0.15, -0.1) is 0 Å². The number of halogens is 1. The van der Waals surface area contributed by atoms with Crippen molar-refractivity contribution in [1.82, 2.24) is 4.57 Å². The lowest BCUT2D eigenvalue weighted by Gasteiger charge is -2.11. The molecular formula is C17H18FNO2. The summed E-state index contributed by atoms with van der Waals surface area (Å²) in [5.74, 6) is 0.665. The molecule has 0 radical (unpaired) electrons. The lowest BCUT2D eigenvalue weighted by Crippen LogP contribution is -2.20. The number of carbonyl (C=O) groups excluding carboxylic acids is 1. The number of ketones is 1. The molecule has 1 aliphatic rings. The third-order valence-electron chi connectivity index (χ3n) is 3.74. The van der Waals surface area contributed by atoms with Crippen LogP contribution in [0.5, 0.6) is 5.75 Å². The fourth-order valence-corrected chi connectivity index (χ4v) is 2.66. The van der Waals surface area contributed by atoms with Gasteiger partial charge in [-0.1, -0.05) is 13.8 Å². The molecule has 0 saturated heterocycles. The molecule has 3 rings (SSSR count). The quantitative estimate of drug-likeness (QED) is 0.806. The van der Waals surface area contributed by atoms with Gasteiger partial charge in [-0.3, -0.25) is 4.79 Å². The van der Waals surface area contributed by atoms with Gasteiger partial charge in [0.05, 0.1) is 6.54 Å². The van der Waals surface area contributed by atoms with Crippen LogP contribution in [-0.4, -0.2) is 16.5 Å². The molecule has 4 heteroatoms. The monoisotopic (exact) mass is 287 g/mol. The Morgan fingerprint density at radius 3 is 3.00 bits per heavy atom. The molecule has 0 amide bonds. The Balaban J connectivity index is 1.68. The van der Waals surface area contributed by atoms with Gasteiger partial charge in [-0.2, -0.15) is 0 Å². The number of Topliss-reactive ketones (excluding diaryl/α,β-unsaturated/α-hetero) is 1. The van der Waals surface area contributed by atoms with Crippen LogP contribution in [0, 0.1) is 11.7 Å². The van der Waals surface area contributed by atoms with E-state index in [0.717, 1.165) is 16.9 Å². The van der Waals surface area contributed by atoms with E-state index in [1.54, 1.807) is 6.07 Å². The van der Waals surface area contributed by atoms with Crippen LogP contribution in [0.25, 0.3) is 0 Å². The van der Waals surface area contributed by atoms with Gasteiger partial charge in [0.25, 0.3) is 0 Å². The molecule has 1 aliphatic heterocycles. The molecule has 2 heterocycles. The van der Waals surface area contributed by atoms with Gasteiger partial charge in [-0.05, 0) is 24.3 Å². The Labute approximate surface area is 123 Å². The fourth-order valence-electron chi connectivity index (χ4n) is 2.66. The van der Waals surface area contributed by atoms with E-state index in [1.807, 2.05) is 36.9 Å². The average molecular weight is 287 g/mol. The zero-order chi connectivity index (χ0) is 15.0. The van der Waals surface area contributed by atoms with Crippen LogP contribution in [0.1, 0.15) is 29.8 Å². The normalized spacial score (nSPS) is 16.9. The third-order valence-corrected chi connectivity index (χ3v) is 3.74. The highest BCUT2D eigenvalue weighted by atomic mass is 19.1. The molecule has 21 heavy (non-hydrogen) atoms. The molecule has 1 atom stereocenters. The number of ether oxygens (including phenoxy) is 1. The Kier molecular flexibility index (Phi) is 3.53. The average Bonchev–Trinajstić information content (AvgIpc) is 3.04. The Morgan fingerprint density at radius 1 is 1.43 bits per heavy atom. The maximum Gasteiger partial charge on any atom is 0.166 e. The highest BCUT2D eigenvalue weighted by molar-refractivity contribution is 5.97. The standard InChI is InChI=1S/C17H18FNO2/c1-11(2)17(20)12-5-6-19(9-12)10-15-8-13-7-14(18)3-4-16(13)21-15/h3-7,9,11,15H,8,10H2,1-2H3. The second-order valence-electron chi connectivity index (χ2n) is 5.81. The highest BCUT2D eigenvalue weighted by Gasteiger charge is 2.23. The molecule has 0 fully saturated rings. The fraction of sp³-hybridized carbons (Fsp3) is 0.353. The molecule has 0 N–H and O–H groups in total. The molecular weight excluding hydrogens is 269 g/mol. The highest BCUT2D eigenvalue weighted by Crippen LogP contribution is 2.30. The van der Waals surface area contributed by atoms with E-state index in [2.05, 4.69) is 0 Å². The van der Waals surface area contributed by atoms with Gasteiger partial charge in [-0.25, -0.2) is 4.39 Å². The number of benzene rings is 1. The predicted molar refractivity (Wildman–Crippen MR) is 78.1 cm³/mol. The summed E-state index contributed by atoms with van der Waals surface area (Å²) in [5, 5.41) is 0. The lowest BCUT2D eigenvalue weighted by molar-refractivity contribution is 0.0939. The van der Waals surface area contributed by atoms with E-state index in [4.69, 9.17) is 4.74 Å². The minimum absolute atomic E-state index is 0.00388. The first kappa shape index (κ1) is 13.9. The van der Waals surface area contributed by atoms with Crippen LogP contribution in [0.2, 0.25) is 0 Å². The molecule has 1 unspecified atom stereocenters. The van der Waals surface area contributed by atoms with E-state index in [1.165, 1.54) is 12.1 Å². The van der Waals surface area contributed by atoms with Crippen LogP contribution in [0.3, 0.4) is 0 Å². The van der Waals surface area contributed by atoms with Crippen molar-refractivity contribution in [1.29, 1.82) is 0 Å². The second-order valence-corrected chi connectivity index (χ2v) is 5.81. The summed E-state index contributed by atoms with van der Waals surface area (Å²) in [6.07, 6.45) is 4.42. The van der Waals surface area contributed by atoms with Gasteiger partial charge in [0.2, 0.25) is 0 Å². The van der Waals surface area contributed by atoms with Gasteiger partial charge in [0.1, 0.15) is 17.7 Å². The van der Waals surface area contributed by atoms with Crippen LogP contribution < -0.4 is 4.74 Å². The number of nitrogens with zero attached hydrogens (tertiary/aromatic N) is 1. The van der Waals surface area contributed by atoms with Crippen molar-refractivity contribution >= 4 is 5.78 Å². The maximum absolute atomic E-state index is 13.2. The molecule has 3 nitrogen and oxygen atoms in total. The largest absolute Gasteiger partial charge is 0.488 e. The smallest absolute Gasteiger partial charge is 0.166 e. The first-order chi connectivity index (χ1) is 10.0. The van der Waals surface area contributed by atoms with E-state index in [9.17, 15) is 9.18 Å². The minimum atomic E-state index is -0.233. The zero-order valence-corrected chi connectivity index (χ0v) is 12.2. The topological polar surface area (TPSA) is 31.2 Å². The van der Waals surface area contributed by atoms with Crippen molar-refractivity contribution in [2.24, 2.45) is 5.92 Å². The number of aromatic nitrogens is 1. The van der Waals surface area contributed by atoms with Gasteiger partial charge in [0.15, 0.2) is 5.78 Å². The Bertz CT molecular complexity index is 675. The van der Waals surface area contributed by atoms with Crippen LogP contribution in [-0.2, 0) is 13.0 Å². The first-order valence-corrected chi connectivity index (χ1v) is 7.18. The van der Waals surface area contributed by atoms with E-state index >= 15 is 0 Å². The summed E-state index contributed by atoms with van der Waals surface area (Å²) < 4.78 is 21.0. The first-order valence-electron chi connectivity index (χ1n) is 7.18. The summed E-state index contributed by atoms with van der Waals surface area (Å²) in [6, 6.07) is 6.45. The summed E-state index contributed by atoms with van der Waals surface area (Å²) >= 11 is 0. The van der Waals surface area contributed by atoms with Crippen LogP contribution >= 0.6 is 0 Å². The minimum Gasteiger partial charge on any atom is -0.488 e. The Hall–Kier alpha value is -2.10. The van der Waals surface area contributed by atoms with Crippen molar-refractivity contribution in [3.05, 3.63) is 53.6 Å². The number of hydrogen-bond donors (Lipinski definition) is 0. The molecule has 2 aromatic rings. The molecule has 1 aromatic carbocycles. The second kappa shape index (κ2) is 5.35. The van der Waals surface area contributed by atoms with Gasteiger partial charge in [0, 0.05) is 35.9 Å². The van der Waals surface area contributed by atoms with Crippen molar-refractivity contribution < 1.29 is 13.9 Å². The molecule has 0 spiro atoms. The van der Waals surface area contributed by atoms with Crippen molar-refractivity contribution in [2.75, 3.05) is 0 Å². The summed E-state index contributed by atoms with van der Waals surface area (Å²) in [7, 11) is 0. The molecule has 0 aliphatic carbocycles. The summed E-state index contributed by atoms with van der Waals surface area (Å²) in [5.41, 5.74) is 1.64. The number of carbonyl (C=O) groups is 1. The predicted octanol–water partition coefficient (Wildman–Crippen LogP) is 3.47. The summed E-state index contributed by atoms with van der Waals surface area (Å²) in [4.78, 5) is 11.9. The number of hydrogen-bond acceptors (Lipinski definition) is 2. The number of fused-ring (bicyclic) bond motifs is 1. The third kappa shape index (κ3) is 2.84. The zero-order valence-electron chi connectivity index (χ0n) is 12.2. The van der Waals surface area contributed by atoms with Gasteiger partial charge < -0.3 is 9.30 Å². The summed E-state index contributed by atoms with van der Waals surface area (Å²) in [6.45, 7) is 4.44. The van der Waals surface area contributed by atoms with E-state index in [-0.39, 0.29) is 23.6 Å². The number of rotatable bonds is 4.